The van der Waals surface area contributed by atoms with Gasteiger partial charge in [0.05, 0.1) is 10.7 Å². The van der Waals surface area contributed by atoms with Gasteiger partial charge in [-0.1, -0.05) is 12.1 Å². The fraction of sp³-hybridized carbons (Fsp3) is 0.0909. The molecule has 0 spiro atoms. The lowest BCUT2D eigenvalue weighted by atomic mass is 10.4. The van der Waals surface area contributed by atoms with Crippen LogP contribution in [0.1, 0.15) is 5.69 Å². The number of rotatable bonds is 4. The van der Waals surface area contributed by atoms with Crippen molar-refractivity contribution >= 4 is 17.6 Å². The number of thioether (sulfide) groups is 1. The molecule has 0 aliphatic rings. The van der Waals surface area contributed by atoms with Crippen LogP contribution >= 0.6 is 11.8 Å². The Labute approximate surface area is 98.3 Å². The van der Waals surface area contributed by atoms with Crippen LogP contribution in [0.25, 0.3) is 0 Å². The fourth-order valence-electron chi connectivity index (χ4n) is 1.22. The van der Waals surface area contributed by atoms with E-state index in [2.05, 4.69) is 15.4 Å². The molecule has 0 saturated heterocycles. The Hall–Kier alpha value is -1.59. The van der Waals surface area contributed by atoms with E-state index < -0.39 is 0 Å². The monoisotopic (exact) mass is 232 g/mol. The van der Waals surface area contributed by atoms with Gasteiger partial charge in [0.25, 0.3) is 0 Å². The van der Waals surface area contributed by atoms with Gasteiger partial charge in [-0.05, 0) is 24.3 Å². The quantitative estimate of drug-likeness (QED) is 0.480. The normalized spacial score (nSPS) is 10.1. The van der Waals surface area contributed by atoms with Gasteiger partial charge in [0.15, 0.2) is 0 Å². The molecule has 0 unspecified atom stereocenters. The number of anilines is 1. The average Bonchev–Trinajstić information content (AvgIpc) is 2.38. The Morgan fingerprint density at radius 2 is 2.12 bits per heavy atom. The second-order valence-corrected chi connectivity index (χ2v) is 4.11. The van der Waals surface area contributed by atoms with Gasteiger partial charge in [-0.2, -0.15) is 0 Å². The van der Waals surface area contributed by atoms with Crippen LogP contribution in [-0.4, -0.2) is 9.97 Å². The number of hydrazine groups is 1. The molecule has 0 saturated carbocycles. The number of pyridine rings is 2. The molecule has 16 heavy (non-hydrogen) atoms. The second-order valence-electron chi connectivity index (χ2n) is 3.12. The summed E-state index contributed by atoms with van der Waals surface area (Å²) in [7, 11) is 0. The molecule has 0 amide bonds. The molecule has 2 rings (SSSR count). The van der Waals surface area contributed by atoms with E-state index in [9.17, 15) is 0 Å². The van der Waals surface area contributed by atoms with E-state index in [0.717, 1.165) is 16.5 Å². The molecular formula is C11H12N4S. The Bertz CT molecular complexity index is 447. The third-order valence-corrected chi connectivity index (χ3v) is 2.94. The van der Waals surface area contributed by atoms with E-state index >= 15 is 0 Å². The Kier molecular flexibility index (Phi) is 3.74. The maximum Gasteiger partial charge on any atom is 0.140 e. The summed E-state index contributed by atoms with van der Waals surface area (Å²) < 4.78 is 0. The van der Waals surface area contributed by atoms with Crippen LogP contribution in [0.5, 0.6) is 0 Å². The van der Waals surface area contributed by atoms with Gasteiger partial charge >= 0.3 is 0 Å². The van der Waals surface area contributed by atoms with Gasteiger partial charge in [0, 0.05) is 11.9 Å². The van der Waals surface area contributed by atoms with Crippen LogP contribution in [0.3, 0.4) is 0 Å². The van der Waals surface area contributed by atoms with E-state index in [1.54, 1.807) is 18.0 Å². The third-order valence-electron chi connectivity index (χ3n) is 1.96. The molecule has 2 aromatic rings. The lowest BCUT2D eigenvalue weighted by Gasteiger charge is -2.03. The molecule has 3 N–H and O–H groups in total. The number of aromatic nitrogens is 2. The average molecular weight is 232 g/mol. The van der Waals surface area contributed by atoms with Crippen molar-refractivity contribution in [2.75, 3.05) is 5.43 Å². The van der Waals surface area contributed by atoms with Crippen molar-refractivity contribution in [3.05, 3.63) is 48.3 Å². The topological polar surface area (TPSA) is 63.8 Å². The van der Waals surface area contributed by atoms with Gasteiger partial charge in [-0.25, -0.2) is 15.8 Å². The Morgan fingerprint density at radius 3 is 2.88 bits per heavy atom. The predicted molar refractivity (Wildman–Crippen MR) is 65.8 cm³/mol. The van der Waals surface area contributed by atoms with Gasteiger partial charge in [0.2, 0.25) is 0 Å². The summed E-state index contributed by atoms with van der Waals surface area (Å²) in [5.41, 5.74) is 3.51. The van der Waals surface area contributed by atoms with E-state index in [1.165, 1.54) is 0 Å². The van der Waals surface area contributed by atoms with Crippen LogP contribution in [0, 0.1) is 0 Å². The van der Waals surface area contributed by atoms with Crippen molar-refractivity contribution in [3.8, 4) is 0 Å². The number of hydrogen-bond donors (Lipinski definition) is 2. The highest BCUT2D eigenvalue weighted by atomic mass is 32.2. The standard InChI is InChI=1S/C11H12N4S/c12-15-10-5-3-4-9(14-10)8-16-11-6-1-2-7-13-11/h1-7H,8,12H2,(H,14,15). The minimum absolute atomic E-state index is 0.680. The van der Waals surface area contributed by atoms with Crippen LogP contribution in [0.4, 0.5) is 5.82 Å². The Morgan fingerprint density at radius 1 is 1.19 bits per heavy atom. The number of nitrogen functional groups attached to an aromatic ring is 1. The highest BCUT2D eigenvalue weighted by Crippen LogP contribution is 2.19. The van der Waals surface area contributed by atoms with E-state index in [0.29, 0.717) is 5.82 Å². The summed E-state index contributed by atoms with van der Waals surface area (Å²) in [6, 6.07) is 11.6. The number of hydrogen-bond acceptors (Lipinski definition) is 5. The third kappa shape index (κ3) is 2.95. The molecule has 0 aromatic carbocycles. The van der Waals surface area contributed by atoms with Crippen LogP contribution < -0.4 is 11.3 Å². The van der Waals surface area contributed by atoms with Crippen molar-refractivity contribution in [1.29, 1.82) is 0 Å². The molecular weight excluding hydrogens is 220 g/mol. The Balaban J connectivity index is 1.99. The second kappa shape index (κ2) is 5.48. The van der Waals surface area contributed by atoms with Crippen molar-refractivity contribution in [3.63, 3.8) is 0 Å². The maximum absolute atomic E-state index is 5.29. The summed E-state index contributed by atoms with van der Waals surface area (Å²) >= 11 is 1.65. The molecule has 0 aliphatic carbocycles. The lowest BCUT2D eigenvalue weighted by molar-refractivity contribution is 1.11. The number of nitrogens with one attached hydrogen (secondary N) is 1. The first-order chi connectivity index (χ1) is 7.88. The molecule has 5 heteroatoms. The molecule has 82 valence electrons. The zero-order chi connectivity index (χ0) is 11.2. The highest BCUT2D eigenvalue weighted by molar-refractivity contribution is 7.98. The lowest BCUT2D eigenvalue weighted by Crippen LogP contribution is -2.08. The van der Waals surface area contributed by atoms with Gasteiger partial charge < -0.3 is 5.43 Å². The van der Waals surface area contributed by atoms with Crippen LogP contribution in [0.15, 0.2) is 47.6 Å². The number of nitrogens with two attached hydrogens (primary N) is 1. The zero-order valence-corrected chi connectivity index (χ0v) is 9.45. The molecule has 4 nitrogen and oxygen atoms in total. The summed E-state index contributed by atoms with van der Waals surface area (Å²) in [5, 5.41) is 0.996. The molecule has 2 aromatic heterocycles. The molecule has 0 atom stereocenters. The van der Waals surface area contributed by atoms with E-state index in [4.69, 9.17) is 5.84 Å². The first-order valence-electron chi connectivity index (χ1n) is 4.85. The van der Waals surface area contributed by atoms with Crippen molar-refractivity contribution in [2.45, 2.75) is 10.8 Å². The largest absolute Gasteiger partial charge is 0.308 e. The van der Waals surface area contributed by atoms with Crippen molar-refractivity contribution < 1.29 is 0 Å². The van der Waals surface area contributed by atoms with Gasteiger partial charge in [0.1, 0.15) is 5.82 Å². The molecule has 0 aliphatic heterocycles. The molecule has 0 bridgehead atoms. The predicted octanol–water partition coefficient (Wildman–Crippen LogP) is 2.05. The molecule has 2 heterocycles. The van der Waals surface area contributed by atoms with Crippen LogP contribution in [-0.2, 0) is 5.75 Å². The summed E-state index contributed by atoms with van der Waals surface area (Å²) in [4.78, 5) is 8.55. The zero-order valence-electron chi connectivity index (χ0n) is 8.63. The SMILES string of the molecule is NNc1cccc(CSc2ccccn2)n1. The van der Waals surface area contributed by atoms with Crippen molar-refractivity contribution in [1.82, 2.24) is 9.97 Å². The first-order valence-corrected chi connectivity index (χ1v) is 5.83. The highest BCUT2D eigenvalue weighted by Gasteiger charge is 1.99. The molecule has 0 radical (unpaired) electrons. The smallest absolute Gasteiger partial charge is 0.140 e. The van der Waals surface area contributed by atoms with Crippen molar-refractivity contribution in [2.24, 2.45) is 5.84 Å². The maximum atomic E-state index is 5.29. The minimum Gasteiger partial charge on any atom is -0.308 e. The first kappa shape index (κ1) is 10.9. The minimum atomic E-state index is 0.680. The summed E-state index contributed by atoms with van der Waals surface area (Å²) in [6.07, 6.45) is 1.79. The van der Waals surface area contributed by atoms with Gasteiger partial charge in [-0.3, -0.25) is 0 Å². The van der Waals surface area contributed by atoms with Gasteiger partial charge in [-0.15, -0.1) is 11.8 Å². The molecule has 0 fully saturated rings. The summed E-state index contributed by atoms with van der Waals surface area (Å²) in [5.74, 6) is 6.76. The van der Waals surface area contributed by atoms with E-state index in [1.807, 2.05) is 36.4 Å². The fourth-order valence-corrected chi connectivity index (χ4v) is 1.99. The summed E-state index contributed by atoms with van der Waals surface area (Å²) in [6.45, 7) is 0. The van der Waals surface area contributed by atoms with E-state index in [-0.39, 0.29) is 0 Å². The van der Waals surface area contributed by atoms with Crippen LogP contribution in [0.2, 0.25) is 0 Å². The number of nitrogens with zero attached hydrogens (tertiary/aromatic N) is 2.